The van der Waals surface area contributed by atoms with E-state index in [-0.39, 0.29) is 10.7 Å². The SMILES string of the molecule is O=[N+]([O-])c1ccc(Oc2cccc3ccccc23)c(Cl)c1. The fourth-order valence-corrected chi connectivity index (χ4v) is 2.30. The van der Waals surface area contributed by atoms with Gasteiger partial charge < -0.3 is 4.74 Å². The quantitative estimate of drug-likeness (QED) is 0.494. The third kappa shape index (κ3) is 2.66. The van der Waals surface area contributed by atoms with Crippen LogP contribution in [0, 0.1) is 10.1 Å². The number of hydrogen-bond acceptors (Lipinski definition) is 3. The Morgan fingerprint density at radius 2 is 1.71 bits per heavy atom. The predicted molar refractivity (Wildman–Crippen MR) is 82.1 cm³/mol. The summed E-state index contributed by atoms with van der Waals surface area (Å²) in [5, 5.41) is 12.9. The van der Waals surface area contributed by atoms with Gasteiger partial charge in [-0.2, -0.15) is 0 Å². The molecule has 0 radical (unpaired) electrons. The van der Waals surface area contributed by atoms with Gasteiger partial charge in [-0.05, 0) is 17.5 Å². The van der Waals surface area contributed by atoms with Crippen LogP contribution in [0.3, 0.4) is 0 Å². The Morgan fingerprint density at radius 3 is 2.48 bits per heavy atom. The highest BCUT2D eigenvalue weighted by Gasteiger charge is 2.11. The van der Waals surface area contributed by atoms with Crippen molar-refractivity contribution in [1.82, 2.24) is 0 Å². The topological polar surface area (TPSA) is 52.4 Å². The van der Waals surface area contributed by atoms with Crippen molar-refractivity contribution >= 4 is 28.1 Å². The molecule has 0 aliphatic heterocycles. The Bertz CT molecular complexity index is 827. The van der Waals surface area contributed by atoms with Gasteiger partial charge in [0.25, 0.3) is 5.69 Å². The number of non-ortho nitro benzene ring substituents is 1. The monoisotopic (exact) mass is 299 g/mol. The first-order valence-electron chi connectivity index (χ1n) is 6.25. The molecule has 0 saturated heterocycles. The lowest BCUT2D eigenvalue weighted by atomic mass is 10.1. The number of nitrogens with zero attached hydrogens (tertiary/aromatic N) is 1. The van der Waals surface area contributed by atoms with Crippen LogP contribution in [0.2, 0.25) is 5.02 Å². The molecule has 3 rings (SSSR count). The number of benzene rings is 3. The van der Waals surface area contributed by atoms with Gasteiger partial charge in [-0.3, -0.25) is 10.1 Å². The van der Waals surface area contributed by atoms with Crippen LogP contribution in [-0.2, 0) is 0 Å². The van der Waals surface area contributed by atoms with Crippen molar-refractivity contribution in [2.24, 2.45) is 0 Å². The molecule has 21 heavy (non-hydrogen) atoms. The van der Waals surface area contributed by atoms with Crippen molar-refractivity contribution in [2.45, 2.75) is 0 Å². The van der Waals surface area contributed by atoms with E-state index in [9.17, 15) is 10.1 Å². The molecule has 0 bridgehead atoms. The Kier molecular flexibility index (Phi) is 3.46. The van der Waals surface area contributed by atoms with Crippen LogP contribution < -0.4 is 4.74 Å². The molecule has 0 fully saturated rings. The van der Waals surface area contributed by atoms with Gasteiger partial charge in [0.1, 0.15) is 11.5 Å². The summed E-state index contributed by atoms with van der Waals surface area (Å²) in [6, 6.07) is 17.7. The fourth-order valence-electron chi connectivity index (χ4n) is 2.09. The highest BCUT2D eigenvalue weighted by atomic mass is 35.5. The zero-order valence-electron chi connectivity index (χ0n) is 10.8. The van der Waals surface area contributed by atoms with E-state index in [2.05, 4.69) is 0 Å². The third-order valence-corrected chi connectivity index (χ3v) is 3.39. The second kappa shape index (κ2) is 5.42. The number of nitro groups is 1. The summed E-state index contributed by atoms with van der Waals surface area (Å²) in [4.78, 5) is 10.2. The summed E-state index contributed by atoms with van der Waals surface area (Å²) >= 11 is 6.05. The van der Waals surface area contributed by atoms with Crippen molar-refractivity contribution in [3.8, 4) is 11.5 Å². The van der Waals surface area contributed by atoms with Gasteiger partial charge in [0.15, 0.2) is 0 Å². The average molecular weight is 300 g/mol. The molecule has 0 N–H and O–H groups in total. The summed E-state index contributed by atoms with van der Waals surface area (Å²) in [6.07, 6.45) is 0. The van der Waals surface area contributed by atoms with Crippen LogP contribution in [0.15, 0.2) is 60.7 Å². The van der Waals surface area contributed by atoms with Crippen LogP contribution >= 0.6 is 11.6 Å². The standard InChI is InChI=1S/C16H10ClNO3/c17-14-10-12(18(19)20)8-9-16(14)21-15-7-3-5-11-4-1-2-6-13(11)15/h1-10H. The second-order valence-electron chi connectivity index (χ2n) is 4.45. The Hall–Kier alpha value is -2.59. The molecule has 0 heterocycles. The minimum Gasteiger partial charge on any atom is -0.455 e. The maximum atomic E-state index is 10.7. The molecule has 0 atom stereocenters. The van der Waals surface area contributed by atoms with E-state index in [0.29, 0.717) is 11.5 Å². The van der Waals surface area contributed by atoms with E-state index >= 15 is 0 Å². The molecular formula is C16H10ClNO3. The molecule has 0 amide bonds. The number of hydrogen-bond donors (Lipinski definition) is 0. The van der Waals surface area contributed by atoms with E-state index in [1.54, 1.807) is 0 Å². The fraction of sp³-hybridized carbons (Fsp3) is 0. The van der Waals surface area contributed by atoms with E-state index in [1.165, 1.54) is 18.2 Å². The van der Waals surface area contributed by atoms with Gasteiger partial charge in [0, 0.05) is 17.5 Å². The van der Waals surface area contributed by atoms with Gasteiger partial charge in [0.2, 0.25) is 0 Å². The van der Waals surface area contributed by atoms with E-state index < -0.39 is 4.92 Å². The molecule has 0 aromatic heterocycles. The zero-order chi connectivity index (χ0) is 14.8. The molecule has 0 aliphatic rings. The largest absolute Gasteiger partial charge is 0.455 e. The summed E-state index contributed by atoms with van der Waals surface area (Å²) in [5.74, 6) is 1.04. The van der Waals surface area contributed by atoms with Crippen molar-refractivity contribution in [1.29, 1.82) is 0 Å². The molecular weight excluding hydrogens is 290 g/mol. The predicted octanol–water partition coefficient (Wildman–Crippen LogP) is 5.19. The van der Waals surface area contributed by atoms with Crippen LogP contribution in [0.25, 0.3) is 10.8 Å². The van der Waals surface area contributed by atoms with Crippen LogP contribution in [0.5, 0.6) is 11.5 Å². The Balaban J connectivity index is 2.01. The lowest BCUT2D eigenvalue weighted by molar-refractivity contribution is -0.384. The summed E-state index contributed by atoms with van der Waals surface area (Å²) in [5.41, 5.74) is -0.0646. The van der Waals surface area contributed by atoms with Gasteiger partial charge in [-0.15, -0.1) is 0 Å². The highest BCUT2D eigenvalue weighted by Crippen LogP contribution is 2.35. The average Bonchev–Trinajstić information content (AvgIpc) is 2.49. The van der Waals surface area contributed by atoms with Gasteiger partial charge in [-0.1, -0.05) is 48.0 Å². The minimum absolute atomic E-state index is 0.0646. The molecule has 104 valence electrons. The number of rotatable bonds is 3. The number of ether oxygens (including phenoxy) is 1. The Morgan fingerprint density at radius 1 is 0.952 bits per heavy atom. The molecule has 0 unspecified atom stereocenters. The van der Waals surface area contributed by atoms with Crippen LogP contribution in [-0.4, -0.2) is 4.92 Å². The van der Waals surface area contributed by atoms with Crippen molar-refractivity contribution < 1.29 is 9.66 Å². The van der Waals surface area contributed by atoms with Gasteiger partial charge in [-0.25, -0.2) is 0 Å². The van der Waals surface area contributed by atoms with Crippen molar-refractivity contribution in [3.05, 3.63) is 75.8 Å². The Labute approximate surface area is 125 Å². The second-order valence-corrected chi connectivity index (χ2v) is 4.86. The smallest absolute Gasteiger partial charge is 0.271 e. The van der Waals surface area contributed by atoms with Crippen molar-refractivity contribution in [2.75, 3.05) is 0 Å². The summed E-state index contributed by atoms with van der Waals surface area (Å²) in [7, 11) is 0. The highest BCUT2D eigenvalue weighted by molar-refractivity contribution is 6.32. The third-order valence-electron chi connectivity index (χ3n) is 3.10. The van der Waals surface area contributed by atoms with Gasteiger partial charge in [0.05, 0.1) is 9.95 Å². The first-order valence-corrected chi connectivity index (χ1v) is 6.62. The summed E-state index contributed by atoms with van der Waals surface area (Å²) < 4.78 is 5.80. The number of fused-ring (bicyclic) bond motifs is 1. The molecule has 3 aromatic carbocycles. The maximum Gasteiger partial charge on any atom is 0.271 e. The molecule has 5 heteroatoms. The molecule has 0 spiro atoms. The molecule has 0 aliphatic carbocycles. The first kappa shape index (κ1) is 13.4. The lowest BCUT2D eigenvalue weighted by Crippen LogP contribution is -1.90. The van der Waals surface area contributed by atoms with E-state index in [0.717, 1.165) is 10.8 Å². The van der Waals surface area contributed by atoms with Gasteiger partial charge >= 0.3 is 0 Å². The van der Waals surface area contributed by atoms with E-state index in [1.807, 2.05) is 42.5 Å². The number of nitro benzene ring substituents is 1. The lowest BCUT2D eigenvalue weighted by Gasteiger charge is -2.10. The molecule has 0 saturated carbocycles. The number of halogens is 1. The van der Waals surface area contributed by atoms with Crippen molar-refractivity contribution in [3.63, 3.8) is 0 Å². The maximum absolute atomic E-state index is 10.7. The van der Waals surface area contributed by atoms with E-state index in [4.69, 9.17) is 16.3 Å². The molecule has 4 nitrogen and oxygen atoms in total. The van der Waals surface area contributed by atoms with Crippen LogP contribution in [0.1, 0.15) is 0 Å². The minimum atomic E-state index is -0.492. The first-order chi connectivity index (χ1) is 10.1. The summed E-state index contributed by atoms with van der Waals surface area (Å²) in [6.45, 7) is 0. The van der Waals surface area contributed by atoms with Crippen LogP contribution in [0.4, 0.5) is 5.69 Å². The molecule has 3 aromatic rings. The zero-order valence-corrected chi connectivity index (χ0v) is 11.6. The normalized spacial score (nSPS) is 10.5.